The summed E-state index contributed by atoms with van der Waals surface area (Å²) < 4.78 is 28.8. The van der Waals surface area contributed by atoms with Crippen LogP contribution in [0.15, 0.2) is 0 Å². The van der Waals surface area contributed by atoms with E-state index in [0.717, 1.165) is 39.3 Å². The Morgan fingerprint density at radius 3 is 2.18 bits per heavy atom. The Kier molecular flexibility index (Phi) is 4.52. The van der Waals surface area contributed by atoms with Crippen molar-refractivity contribution in [3.05, 3.63) is 0 Å². The zero-order valence-corrected chi connectivity index (χ0v) is 14.3. The molecule has 5 heteroatoms. The molecular formula is C17H31F2N3. The van der Waals surface area contributed by atoms with E-state index in [-0.39, 0.29) is 6.54 Å². The standard InChI is InChI=1S/C17H31F2N3/c1-4-20-8-5-15(17(18,19)13-20)22-11-16(12-22)6-9-21(10-7-16)14(2)3/h14-15H,4-13H2,1-3H3. The van der Waals surface area contributed by atoms with Crippen LogP contribution in [0.4, 0.5) is 8.78 Å². The third-order valence-corrected chi connectivity index (χ3v) is 6.19. The molecule has 128 valence electrons. The van der Waals surface area contributed by atoms with Gasteiger partial charge in [0, 0.05) is 25.7 Å². The Morgan fingerprint density at radius 1 is 1.05 bits per heavy atom. The maximum absolute atomic E-state index is 14.4. The molecule has 3 rings (SSSR count). The van der Waals surface area contributed by atoms with Crippen molar-refractivity contribution in [3.63, 3.8) is 0 Å². The van der Waals surface area contributed by atoms with Crippen molar-refractivity contribution in [2.75, 3.05) is 45.8 Å². The van der Waals surface area contributed by atoms with Gasteiger partial charge in [-0.15, -0.1) is 0 Å². The second-order valence-electron chi connectivity index (χ2n) is 7.97. The van der Waals surface area contributed by atoms with Crippen molar-refractivity contribution >= 4 is 0 Å². The SMILES string of the molecule is CCN1CCC(N2CC3(CCN(C(C)C)CC3)C2)C(F)(F)C1. The summed E-state index contributed by atoms with van der Waals surface area (Å²) in [4.78, 5) is 6.48. The Morgan fingerprint density at radius 2 is 1.68 bits per heavy atom. The molecule has 0 aromatic carbocycles. The molecule has 3 aliphatic heterocycles. The molecule has 0 radical (unpaired) electrons. The van der Waals surface area contributed by atoms with E-state index in [1.807, 2.05) is 11.8 Å². The second-order valence-corrected chi connectivity index (χ2v) is 7.97. The highest BCUT2D eigenvalue weighted by Crippen LogP contribution is 2.45. The van der Waals surface area contributed by atoms with Crippen LogP contribution in [0.1, 0.15) is 40.0 Å². The Bertz CT molecular complexity index is 383. The van der Waals surface area contributed by atoms with Gasteiger partial charge in [0.05, 0.1) is 12.6 Å². The molecule has 22 heavy (non-hydrogen) atoms. The fourth-order valence-electron chi connectivity index (χ4n) is 4.58. The maximum Gasteiger partial charge on any atom is 0.275 e. The number of hydrogen-bond acceptors (Lipinski definition) is 3. The lowest BCUT2D eigenvalue weighted by Gasteiger charge is -2.58. The summed E-state index contributed by atoms with van der Waals surface area (Å²) in [5, 5.41) is 0. The Labute approximate surface area is 133 Å². The van der Waals surface area contributed by atoms with Crippen LogP contribution in [0.25, 0.3) is 0 Å². The lowest BCUT2D eigenvalue weighted by atomic mass is 9.70. The Hall–Kier alpha value is -0.260. The van der Waals surface area contributed by atoms with Crippen molar-refractivity contribution in [1.29, 1.82) is 0 Å². The highest BCUT2D eigenvalue weighted by Gasteiger charge is 2.54. The van der Waals surface area contributed by atoms with Gasteiger partial charge in [-0.2, -0.15) is 0 Å². The highest BCUT2D eigenvalue weighted by molar-refractivity contribution is 5.04. The average Bonchev–Trinajstić information content (AvgIpc) is 2.44. The van der Waals surface area contributed by atoms with E-state index < -0.39 is 12.0 Å². The predicted octanol–water partition coefficient (Wildman–Crippen LogP) is 2.52. The second kappa shape index (κ2) is 5.99. The normalized spacial score (nSPS) is 33.3. The third-order valence-electron chi connectivity index (χ3n) is 6.19. The molecule has 1 spiro atoms. The number of piperidine rings is 2. The van der Waals surface area contributed by atoms with Crippen LogP contribution in [0, 0.1) is 5.41 Å². The first-order chi connectivity index (χ1) is 10.4. The topological polar surface area (TPSA) is 9.72 Å². The summed E-state index contributed by atoms with van der Waals surface area (Å²) in [5.74, 6) is -2.55. The molecule has 1 unspecified atom stereocenters. The van der Waals surface area contributed by atoms with Gasteiger partial charge < -0.3 is 4.90 Å². The van der Waals surface area contributed by atoms with Crippen LogP contribution in [-0.2, 0) is 0 Å². The van der Waals surface area contributed by atoms with E-state index in [1.165, 1.54) is 12.8 Å². The van der Waals surface area contributed by atoms with Crippen molar-refractivity contribution < 1.29 is 8.78 Å². The van der Waals surface area contributed by atoms with Crippen molar-refractivity contribution in [3.8, 4) is 0 Å². The number of rotatable bonds is 3. The molecule has 1 atom stereocenters. The average molecular weight is 315 g/mol. The summed E-state index contributed by atoms with van der Waals surface area (Å²) in [5.41, 5.74) is 0.337. The van der Waals surface area contributed by atoms with Gasteiger partial charge in [-0.25, -0.2) is 8.78 Å². The fraction of sp³-hybridized carbons (Fsp3) is 1.00. The van der Waals surface area contributed by atoms with Gasteiger partial charge in [0.2, 0.25) is 0 Å². The highest BCUT2D eigenvalue weighted by atomic mass is 19.3. The first kappa shape index (κ1) is 16.6. The zero-order chi connectivity index (χ0) is 16.0. The van der Waals surface area contributed by atoms with E-state index in [1.54, 1.807) is 0 Å². The lowest BCUT2D eigenvalue weighted by Crippen LogP contribution is -2.69. The summed E-state index contributed by atoms with van der Waals surface area (Å²) in [6.45, 7) is 12.0. The van der Waals surface area contributed by atoms with Gasteiger partial charge in [-0.3, -0.25) is 9.80 Å². The molecule has 0 aromatic rings. The number of hydrogen-bond donors (Lipinski definition) is 0. The van der Waals surface area contributed by atoms with E-state index in [2.05, 4.69) is 23.6 Å². The van der Waals surface area contributed by atoms with Gasteiger partial charge in [0.15, 0.2) is 0 Å². The predicted molar refractivity (Wildman–Crippen MR) is 85.4 cm³/mol. The van der Waals surface area contributed by atoms with Crippen LogP contribution in [0.3, 0.4) is 0 Å². The third kappa shape index (κ3) is 3.04. The van der Waals surface area contributed by atoms with Crippen LogP contribution in [0.5, 0.6) is 0 Å². The molecule has 3 nitrogen and oxygen atoms in total. The maximum atomic E-state index is 14.4. The first-order valence-electron chi connectivity index (χ1n) is 8.93. The van der Waals surface area contributed by atoms with Crippen LogP contribution in [0.2, 0.25) is 0 Å². The van der Waals surface area contributed by atoms with Gasteiger partial charge in [0.25, 0.3) is 5.92 Å². The molecule has 0 saturated carbocycles. The van der Waals surface area contributed by atoms with Crippen LogP contribution >= 0.6 is 0 Å². The quantitative estimate of drug-likeness (QED) is 0.792. The van der Waals surface area contributed by atoms with Gasteiger partial charge in [-0.1, -0.05) is 6.92 Å². The van der Waals surface area contributed by atoms with E-state index in [0.29, 0.717) is 17.9 Å². The molecular weight excluding hydrogens is 284 g/mol. The molecule has 0 aromatic heterocycles. The summed E-state index contributed by atoms with van der Waals surface area (Å²) in [7, 11) is 0. The monoisotopic (exact) mass is 315 g/mol. The number of alkyl halides is 2. The van der Waals surface area contributed by atoms with E-state index >= 15 is 0 Å². The molecule has 0 aliphatic carbocycles. The fourth-order valence-corrected chi connectivity index (χ4v) is 4.58. The molecule has 3 heterocycles. The van der Waals surface area contributed by atoms with Gasteiger partial charge in [-0.05, 0) is 58.2 Å². The van der Waals surface area contributed by atoms with E-state index in [4.69, 9.17) is 0 Å². The largest absolute Gasteiger partial charge is 0.301 e. The number of nitrogens with zero attached hydrogens (tertiary/aromatic N) is 3. The first-order valence-corrected chi connectivity index (χ1v) is 8.93. The summed E-state index contributed by atoms with van der Waals surface area (Å²) >= 11 is 0. The van der Waals surface area contributed by atoms with Crippen molar-refractivity contribution in [2.45, 2.75) is 58.0 Å². The molecule has 3 fully saturated rings. The molecule has 3 saturated heterocycles. The number of halogens is 2. The van der Waals surface area contributed by atoms with Crippen LogP contribution < -0.4 is 0 Å². The minimum atomic E-state index is -2.55. The Balaban J connectivity index is 1.53. The van der Waals surface area contributed by atoms with Crippen molar-refractivity contribution in [2.24, 2.45) is 5.41 Å². The molecule has 0 N–H and O–H groups in total. The minimum absolute atomic E-state index is 0.0568. The van der Waals surface area contributed by atoms with Gasteiger partial charge >= 0.3 is 0 Å². The number of likely N-dealkylation sites (tertiary alicyclic amines) is 3. The summed E-state index contributed by atoms with van der Waals surface area (Å²) in [6.07, 6.45) is 2.98. The van der Waals surface area contributed by atoms with Crippen LogP contribution in [-0.4, -0.2) is 78.5 Å². The summed E-state index contributed by atoms with van der Waals surface area (Å²) in [6, 6.07) is 0.0836. The molecule has 3 aliphatic rings. The lowest BCUT2D eigenvalue weighted by molar-refractivity contribution is -0.174. The zero-order valence-electron chi connectivity index (χ0n) is 14.3. The smallest absolute Gasteiger partial charge is 0.275 e. The van der Waals surface area contributed by atoms with Crippen molar-refractivity contribution in [1.82, 2.24) is 14.7 Å². The van der Waals surface area contributed by atoms with E-state index in [9.17, 15) is 8.78 Å². The molecule has 0 bridgehead atoms. The van der Waals surface area contributed by atoms with Gasteiger partial charge in [0.1, 0.15) is 0 Å². The molecule has 0 amide bonds. The minimum Gasteiger partial charge on any atom is -0.301 e.